The van der Waals surface area contributed by atoms with Gasteiger partial charge in [0.1, 0.15) is 0 Å². The molecule has 0 aromatic carbocycles. The summed E-state index contributed by atoms with van der Waals surface area (Å²) in [5.41, 5.74) is 2.41. The fraction of sp³-hybridized carbons (Fsp3) is 0.250. The molecule has 0 bridgehead atoms. The second-order valence-corrected chi connectivity index (χ2v) is 3.87. The van der Waals surface area contributed by atoms with Crippen LogP contribution >= 0.6 is 0 Å². The molecule has 0 saturated heterocycles. The van der Waals surface area contributed by atoms with Crippen molar-refractivity contribution in [1.82, 2.24) is 4.98 Å². The minimum atomic E-state index is -0.101. The highest BCUT2D eigenvalue weighted by atomic mass is 16.2. The van der Waals surface area contributed by atoms with Gasteiger partial charge >= 0.3 is 0 Å². The Morgan fingerprint density at radius 3 is 2.56 bits per heavy atom. The van der Waals surface area contributed by atoms with Gasteiger partial charge in [-0.05, 0) is 32.9 Å². The van der Waals surface area contributed by atoms with Gasteiger partial charge in [-0.25, -0.2) is 4.98 Å². The molecule has 1 aliphatic rings. The molecule has 1 aliphatic heterocycles. The van der Waals surface area contributed by atoms with Crippen molar-refractivity contribution in [2.45, 2.75) is 20.8 Å². The Balaban J connectivity index is 2.43. The number of aromatic nitrogens is 1. The van der Waals surface area contributed by atoms with E-state index in [2.05, 4.69) is 10.1 Å². The van der Waals surface area contributed by atoms with Crippen LogP contribution < -0.4 is 5.01 Å². The second kappa shape index (κ2) is 3.89. The van der Waals surface area contributed by atoms with Crippen LogP contribution in [0.2, 0.25) is 0 Å². The Bertz CT molecular complexity index is 484. The summed E-state index contributed by atoms with van der Waals surface area (Å²) in [6.45, 7) is 5.66. The van der Waals surface area contributed by atoms with Crippen molar-refractivity contribution in [3.63, 3.8) is 0 Å². The zero-order chi connectivity index (χ0) is 11.7. The average molecular weight is 215 g/mol. The normalized spacial score (nSPS) is 15.4. The summed E-state index contributed by atoms with van der Waals surface area (Å²) in [5.74, 6) is 0.458. The van der Waals surface area contributed by atoms with Gasteiger partial charge in [0.2, 0.25) is 0 Å². The number of hydrogen-bond donors (Lipinski definition) is 0. The monoisotopic (exact) mass is 215 g/mol. The molecule has 1 amide bonds. The molecule has 4 heteroatoms. The molecule has 82 valence electrons. The second-order valence-electron chi connectivity index (χ2n) is 3.87. The molecule has 16 heavy (non-hydrogen) atoms. The number of hydrazone groups is 1. The lowest BCUT2D eigenvalue weighted by molar-refractivity contribution is -0.114. The van der Waals surface area contributed by atoms with E-state index >= 15 is 0 Å². The van der Waals surface area contributed by atoms with Crippen LogP contribution in [0, 0.1) is 0 Å². The van der Waals surface area contributed by atoms with Gasteiger partial charge in [0, 0.05) is 6.20 Å². The molecule has 0 saturated carbocycles. The third-order valence-corrected chi connectivity index (χ3v) is 2.38. The summed E-state index contributed by atoms with van der Waals surface area (Å²) >= 11 is 0. The van der Waals surface area contributed by atoms with Crippen molar-refractivity contribution in [1.29, 1.82) is 0 Å². The number of nitrogens with zero attached hydrogens (tertiary/aromatic N) is 3. The summed E-state index contributed by atoms with van der Waals surface area (Å²) in [5, 5.41) is 5.57. The van der Waals surface area contributed by atoms with Crippen LogP contribution in [0.4, 0.5) is 5.82 Å². The van der Waals surface area contributed by atoms with E-state index < -0.39 is 0 Å². The van der Waals surface area contributed by atoms with Crippen LogP contribution in [-0.4, -0.2) is 16.6 Å². The highest BCUT2D eigenvalue weighted by Gasteiger charge is 2.29. The van der Waals surface area contributed by atoms with Gasteiger partial charge in [-0.3, -0.25) is 4.79 Å². The van der Waals surface area contributed by atoms with E-state index in [1.165, 1.54) is 5.01 Å². The molecule has 0 fully saturated rings. The number of allylic oxidation sites excluding steroid dienone is 1. The first-order chi connectivity index (χ1) is 7.61. The van der Waals surface area contributed by atoms with Gasteiger partial charge in [-0.15, -0.1) is 0 Å². The van der Waals surface area contributed by atoms with Gasteiger partial charge < -0.3 is 0 Å². The maximum atomic E-state index is 12.1. The number of carbonyl (C=O) groups excluding carboxylic acids is 1. The van der Waals surface area contributed by atoms with Gasteiger partial charge in [0.25, 0.3) is 5.91 Å². The Hall–Kier alpha value is -1.97. The largest absolute Gasteiger partial charge is 0.281 e. The summed E-state index contributed by atoms with van der Waals surface area (Å²) in [6, 6.07) is 5.41. The molecule has 4 nitrogen and oxygen atoms in total. The van der Waals surface area contributed by atoms with Gasteiger partial charge in [-0.1, -0.05) is 11.6 Å². The molecule has 0 unspecified atom stereocenters. The summed E-state index contributed by atoms with van der Waals surface area (Å²) < 4.78 is 0. The third-order valence-electron chi connectivity index (χ3n) is 2.38. The van der Waals surface area contributed by atoms with Crippen LogP contribution in [0.5, 0.6) is 0 Å². The van der Waals surface area contributed by atoms with E-state index in [0.717, 1.165) is 11.3 Å². The molecule has 2 heterocycles. The SMILES string of the molecule is CC1=NN(c2ccccn2)C(=O)C1=C(C)C. The Labute approximate surface area is 94.3 Å². The van der Waals surface area contributed by atoms with E-state index in [4.69, 9.17) is 0 Å². The maximum absolute atomic E-state index is 12.1. The van der Waals surface area contributed by atoms with Crippen LogP contribution in [0.15, 0.2) is 40.6 Å². The number of carbonyl (C=O) groups is 1. The molecule has 1 aromatic heterocycles. The van der Waals surface area contributed by atoms with Crippen LogP contribution in [0.1, 0.15) is 20.8 Å². The van der Waals surface area contributed by atoms with Gasteiger partial charge in [0.15, 0.2) is 5.82 Å². The van der Waals surface area contributed by atoms with Gasteiger partial charge in [0.05, 0.1) is 11.3 Å². The fourth-order valence-corrected chi connectivity index (χ4v) is 1.72. The van der Waals surface area contributed by atoms with E-state index in [9.17, 15) is 4.79 Å². The number of hydrogen-bond acceptors (Lipinski definition) is 3. The van der Waals surface area contributed by atoms with Crippen molar-refractivity contribution in [3.05, 3.63) is 35.5 Å². The van der Waals surface area contributed by atoms with Crippen LogP contribution in [0.25, 0.3) is 0 Å². The lowest BCUT2D eigenvalue weighted by atomic mass is 10.1. The predicted octanol–water partition coefficient (Wildman–Crippen LogP) is 2.14. The van der Waals surface area contributed by atoms with E-state index in [1.54, 1.807) is 12.3 Å². The molecule has 0 aliphatic carbocycles. The van der Waals surface area contributed by atoms with Crippen molar-refractivity contribution >= 4 is 17.4 Å². The summed E-state index contributed by atoms with van der Waals surface area (Å²) in [7, 11) is 0. The predicted molar refractivity (Wildman–Crippen MR) is 63.2 cm³/mol. The molecular weight excluding hydrogens is 202 g/mol. The van der Waals surface area contributed by atoms with Crippen molar-refractivity contribution in [3.8, 4) is 0 Å². The minimum Gasteiger partial charge on any atom is -0.267 e. The standard InChI is InChI=1S/C12H13N3O/c1-8(2)11-9(3)14-15(12(11)16)10-6-4-5-7-13-10/h4-7H,1-3H3. The third kappa shape index (κ3) is 1.62. The number of rotatable bonds is 1. The minimum absolute atomic E-state index is 0.101. The summed E-state index contributed by atoms with van der Waals surface area (Å²) in [4.78, 5) is 16.2. The first kappa shape index (κ1) is 10.5. The summed E-state index contributed by atoms with van der Waals surface area (Å²) in [6.07, 6.45) is 1.65. The molecule has 0 spiro atoms. The number of anilines is 1. The van der Waals surface area contributed by atoms with Crippen molar-refractivity contribution in [2.24, 2.45) is 5.10 Å². The number of pyridine rings is 1. The van der Waals surface area contributed by atoms with Gasteiger partial charge in [-0.2, -0.15) is 10.1 Å². The van der Waals surface area contributed by atoms with Crippen molar-refractivity contribution < 1.29 is 4.79 Å². The maximum Gasteiger partial charge on any atom is 0.281 e. The smallest absolute Gasteiger partial charge is 0.267 e. The van der Waals surface area contributed by atoms with E-state index in [-0.39, 0.29) is 5.91 Å². The Kier molecular flexibility index (Phi) is 2.56. The molecule has 1 aromatic rings. The fourth-order valence-electron chi connectivity index (χ4n) is 1.72. The average Bonchev–Trinajstić information content (AvgIpc) is 2.55. The molecule has 0 N–H and O–H groups in total. The first-order valence-electron chi connectivity index (χ1n) is 5.10. The molecule has 0 radical (unpaired) electrons. The lowest BCUT2D eigenvalue weighted by Gasteiger charge is -2.09. The molecule has 2 rings (SSSR count). The zero-order valence-corrected chi connectivity index (χ0v) is 9.56. The first-order valence-corrected chi connectivity index (χ1v) is 5.10. The highest BCUT2D eigenvalue weighted by molar-refractivity contribution is 6.29. The number of amides is 1. The highest BCUT2D eigenvalue weighted by Crippen LogP contribution is 2.22. The topological polar surface area (TPSA) is 45.6 Å². The van der Waals surface area contributed by atoms with Crippen molar-refractivity contribution in [2.75, 3.05) is 5.01 Å². The van der Waals surface area contributed by atoms with Crippen LogP contribution in [0.3, 0.4) is 0 Å². The Morgan fingerprint density at radius 2 is 2.06 bits per heavy atom. The van der Waals surface area contributed by atoms with E-state index in [1.807, 2.05) is 32.9 Å². The quantitative estimate of drug-likeness (QED) is 0.674. The lowest BCUT2D eigenvalue weighted by Crippen LogP contribution is -2.22. The molecule has 0 atom stereocenters. The van der Waals surface area contributed by atoms with Crippen LogP contribution in [-0.2, 0) is 4.79 Å². The Morgan fingerprint density at radius 1 is 1.31 bits per heavy atom. The van der Waals surface area contributed by atoms with E-state index in [0.29, 0.717) is 11.4 Å². The molecular formula is C12H13N3O. The zero-order valence-electron chi connectivity index (χ0n) is 9.56.